The molecule has 0 fully saturated rings. The molecule has 9 aromatic rings. The maximum atomic E-state index is 4.92. The van der Waals surface area contributed by atoms with Crippen molar-refractivity contribution in [2.45, 2.75) is 5.92 Å². The first-order valence-corrected chi connectivity index (χ1v) is 16.9. The fourth-order valence-electron chi connectivity index (χ4n) is 7.23. The molecule has 0 spiro atoms. The molecule has 0 saturated carbocycles. The van der Waals surface area contributed by atoms with E-state index < -0.39 is 0 Å². The van der Waals surface area contributed by atoms with Crippen LogP contribution < -0.4 is 0 Å². The zero-order chi connectivity index (χ0) is 33.3. The zero-order valence-electron chi connectivity index (χ0n) is 27.6. The fourth-order valence-corrected chi connectivity index (χ4v) is 7.23. The molecule has 0 aliphatic heterocycles. The number of hydrogen-bond donors (Lipinski definition) is 0. The Morgan fingerprint density at radius 3 is 1.84 bits per heavy atom. The predicted octanol–water partition coefficient (Wildman–Crippen LogP) is 11.4. The molecule has 3 nitrogen and oxygen atoms in total. The van der Waals surface area contributed by atoms with Gasteiger partial charge in [0.05, 0.1) is 11.0 Å². The minimum absolute atomic E-state index is 0. The molecule has 0 amide bonds. The average Bonchev–Trinajstić information content (AvgIpc) is 3.70. The van der Waals surface area contributed by atoms with Gasteiger partial charge >= 0.3 is 0 Å². The fraction of sp³-hybridized carbons (Fsp3) is 0.0213. The molecule has 6 aromatic carbocycles. The summed E-state index contributed by atoms with van der Waals surface area (Å²) in [4.78, 5) is 9.13. The van der Waals surface area contributed by atoms with Gasteiger partial charge in [-0.25, -0.2) is 0 Å². The third kappa shape index (κ3) is 5.99. The SMILES string of the molecule is [Ir].[c-]1ccccc1-c1cc2c(cn1)C(c1ccccc1)c1cc3c(cc1-2)c1ccccc1n3-c1ccccc1.[c-]1ccccc1-c1ccccn1. The van der Waals surface area contributed by atoms with E-state index in [1.54, 1.807) is 6.20 Å². The minimum atomic E-state index is 0. The molecule has 0 N–H and O–H groups in total. The average molecular weight is 830 g/mol. The molecule has 3 aromatic heterocycles. The van der Waals surface area contributed by atoms with Crippen molar-refractivity contribution in [2.75, 3.05) is 0 Å². The number of benzene rings is 6. The number of nitrogens with zero attached hydrogens (tertiary/aromatic N) is 3. The topological polar surface area (TPSA) is 30.7 Å². The number of hydrogen-bond acceptors (Lipinski definition) is 2. The van der Waals surface area contributed by atoms with Gasteiger partial charge in [-0.3, -0.25) is 0 Å². The van der Waals surface area contributed by atoms with Crippen molar-refractivity contribution < 1.29 is 20.1 Å². The molecule has 0 saturated heterocycles. The smallest absolute Gasteiger partial charge is 0.0544 e. The second-order valence-corrected chi connectivity index (χ2v) is 12.4. The van der Waals surface area contributed by atoms with Crippen LogP contribution in [0.1, 0.15) is 22.6 Å². The Kier molecular flexibility index (Phi) is 8.94. The molecule has 0 bridgehead atoms. The first-order chi connectivity index (χ1) is 24.8. The molecular formula is C47H31IrN3-2. The van der Waals surface area contributed by atoms with Crippen LogP contribution in [0.5, 0.6) is 0 Å². The molecule has 10 rings (SSSR count). The number of fused-ring (bicyclic) bond motifs is 6. The summed E-state index contributed by atoms with van der Waals surface area (Å²) in [6.45, 7) is 0. The van der Waals surface area contributed by atoms with Crippen LogP contribution in [0.25, 0.3) is 61.1 Å². The van der Waals surface area contributed by atoms with E-state index in [2.05, 4.69) is 137 Å². The van der Waals surface area contributed by atoms with Crippen molar-refractivity contribution >= 4 is 21.8 Å². The molecule has 3 heterocycles. The van der Waals surface area contributed by atoms with Crippen LogP contribution in [0, 0.1) is 12.1 Å². The van der Waals surface area contributed by atoms with Gasteiger partial charge in [-0.15, -0.1) is 71.8 Å². The third-order valence-corrected chi connectivity index (χ3v) is 9.47. The van der Waals surface area contributed by atoms with Gasteiger partial charge < -0.3 is 14.5 Å². The Labute approximate surface area is 311 Å². The van der Waals surface area contributed by atoms with Gasteiger partial charge in [-0.05, 0) is 75.6 Å². The summed E-state index contributed by atoms with van der Waals surface area (Å²) in [5.41, 5.74) is 14.0. The van der Waals surface area contributed by atoms with Gasteiger partial charge in [0, 0.05) is 54.9 Å². The van der Waals surface area contributed by atoms with E-state index in [9.17, 15) is 0 Å². The van der Waals surface area contributed by atoms with Crippen molar-refractivity contribution in [3.8, 4) is 39.3 Å². The van der Waals surface area contributed by atoms with E-state index in [-0.39, 0.29) is 26.0 Å². The third-order valence-electron chi connectivity index (χ3n) is 9.47. The van der Waals surface area contributed by atoms with Gasteiger partial charge in [-0.1, -0.05) is 84.9 Å². The van der Waals surface area contributed by atoms with Crippen LogP contribution in [0.4, 0.5) is 0 Å². The van der Waals surface area contributed by atoms with E-state index in [0.29, 0.717) is 0 Å². The summed E-state index contributed by atoms with van der Waals surface area (Å²) in [7, 11) is 0. The Bertz CT molecular complexity index is 2530. The second kappa shape index (κ2) is 14.1. The van der Waals surface area contributed by atoms with Crippen molar-refractivity contribution in [1.82, 2.24) is 14.5 Å². The van der Waals surface area contributed by atoms with E-state index in [1.165, 1.54) is 55.3 Å². The monoisotopic (exact) mass is 830 g/mol. The normalized spacial score (nSPS) is 12.7. The van der Waals surface area contributed by atoms with E-state index in [1.807, 2.05) is 60.7 Å². The van der Waals surface area contributed by atoms with Crippen LogP contribution in [0.3, 0.4) is 0 Å². The summed E-state index contributed by atoms with van der Waals surface area (Å²) < 4.78 is 2.40. The van der Waals surface area contributed by atoms with Crippen LogP contribution in [0.2, 0.25) is 0 Å². The summed E-state index contributed by atoms with van der Waals surface area (Å²) in [6, 6.07) is 65.6. The first kappa shape index (κ1) is 32.3. The number of aromatic nitrogens is 3. The number of para-hydroxylation sites is 2. The summed E-state index contributed by atoms with van der Waals surface area (Å²) in [6.07, 6.45) is 3.87. The molecule has 1 atom stereocenters. The Morgan fingerprint density at radius 1 is 0.490 bits per heavy atom. The summed E-state index contributed by atoms with van der Waals surface area (Å²) in [5.74, 6) is 0.133. The van der Waals surface area contributed by atoms with Gasteiger partial charge in [0.2, 0.25) is 0 Å². The van der Waals surface area contributed by atoms with Crippen molar-refractivity contribution in [3.05, 3.63) is 211 Å². The first-order valence-electron chi connectivity index (χ1n) is 16.9. The van der Waals surface area contributed by atoms with E-state index in [0.717, 1.165) is 22.5 Å². The maximum absolute atomic E-state index is 4.92. The van der Waals surface area contributed by atoms with Crippen LogP contribution in [0.15, 0.2) is 182 Å². The predicted molar refractivity (Wildman–Crippen MR) is 204 cm³/mol. The molecule has 1 radical (unpaired) electrons. The Morgan fingerprint density at radius 2 is 1.14 bits per heavy atom. The van der Waals surface area contributed by atoms with Crippen molar-refractivity contribution in [3.63, 3.8) is 0 Å². The van der Waals surface area contributed by atoms with Gasteiger partial charge in [-0.2, -0.15) is 0 Å². The molecule has 245 valence electrons. The summed E-state index contributed by atoms with van der Waals surface area (Å²) in [5, 5.41) is 2.54. The van der Waals surface area contributed by atoms with E-state index in [4.69, 9.17) is 4.98 Å². The Balaban J connectivity index is 0.000000245. The van der Waals surface area contributed by atoms with Crippen LogP contribution in [-0.4, -0.2) is 14.5 Å². The van der Waals surface area contributed by atoms with E-state index >= 15 is 0 Å². The molecule has 1 unspecified atom stereocenters. The standard InChI is InChI=1S/C36H23N2.C11H8N.Ir/c1-4-12-24(13-5-1)33-21-29-28-20-30-27-18-10-11-19-34(27)38(26-16-8-3-9-17-26)35(30)22-31(28)36(32(29)23-37-33)25-14-6-2-7-15-25;1-2-6-10(7-3-1)11-8-4-5-9-12-11;/h1-12,14-23,36H;1-6,8-9H;/q2*-1;. The second-order valence-electron chi connectivity index (χ2n) is 12.4. The van der Waals surface area contributed by atoms with Crippen LogP contribution in [-0.2, 0) is 20.1 Å². The zero-order valence-corrected chi connectivity index (χ0v) is 30.0. The van der Waals surface area contributed by atoms with Crippen LogP contribution >= 0.6 is 0 Å². The van der Waals surface area contributed by atoms with Gasteiger partial charge in [0.1, 0.15) is 0 Å². The molecule has 4 heteroatoms. The Hall–Kier alpha value is -5.93. The van der Waals surface area contributed by atoms with Crippen molar-refractivity contribution in [1.29, 1.82) is 0 Å². The molecule has 1 aliphatic rings. The quantitative estimate of drug-likeness (QED) is 0.165. The molecule has 51 heavy (non-hydrogen) atoms. The minimum Gasteiger partial charge on any atom is -0.309 e. The van der Waals surface area contributed by atoms with Gasteiger partial charge in [0.15, 0.2) is 0 Å². The molecular weight excluding hydrogens is 799 g/mol. The summed E-state index contributed by atoms with van der Waals surface area (Å²) >= 11 is 0. The van der Waals surface area contributed by atoms with Gasteiger partial charge in [0.25, 0.3) is 0 Å². The number of pyridine rings is 2. The van der Waals surface area contributed by atoms with Crippen molar-refractivity contribution in [2.24, 2.45) is 0 Å². The maximum Gasteiger partial charge on any atom is 0.0544 e. The molecule has 1 aliphatic carbocycles. The number of rotatable bonds is 4. The largest absolute Gasteiger partial charge is 0.309 e.